The van der Waals surface area contributed by atoms with Crippen LogP contribution in [0, 0.1) is 0 Å². The van der Waals surface area contributed by atoms with E-state index in [0.29, 0.717) is 12.8 Å². The van der Waals surface area contributed by atoms with Crippen molar-refractivity contribution >= 4 is 5.91 Å². The summed E-state index contributed by atoms with van der Waals surface area (Å²) < 4.78 is 11.2. The highest BCUT2D eigenvalue weighted by Gasteiger charge is 2.44. The molecule has 0 radical (unpaired) electrons. The first-order chi connectivity index (χ1) is 25.3. The zero-order valence-electron chi connectivity index (χ0n) is 33.8. The minimum atomic E-state index is -1.55. The van der Waals surface area contributed by atoms with Crippen molar-refractivity contribution in [1.82, 2.24) is 5.32 Å². The van der Waals surface area contributed by atoms with Crippen LogP contribution in [0.25, 0.3) is 0 Å². The van der Waals surface area contributed by atoms with E-state index >= 15 is 0 Å². The molecule has 7 unspecified atom stereocenters. The minimum absolute atomic E-state index is 0.132. The third-order valence-electron chi connectivity index (χ3n) is 11.0. The number of hydrogen-bond acceptors (Lipinski definition) is 8. The van der Waals surface area contributed by atoms with Crippen LogP contribution in [0.15, 0.2) is 0 Å². The Bertz CT molecular complexity index is 786. The van der Waals surface area contributed by atoms with Crippen molar-refractivity contribution in [3.63, 3.8) is 0 Å². The Morgan fingerprint density at radius 1 is 0.577 bits per heavy atom. The van der Waals surface area contributed by atoms with Gasteiger partial charge in [-0.05, 0) is 12.8 Å². The number of carbonyl (C=O) groups excluding carboxylic acids is 1. The fourth-order valence-corrected chi connectivity index (χ4v) is 7.34. The molecule has 1 heterocycles. The van der Waals surface area contributed by atoms with Crippen LogP contribution in [-0.2, 0) is 14.3 Å². The summed E-state index contributed by atoms with van der Waals surface area (Å²) in [6.07, 6.45) is 29.6. The molecule has 0 saturated carbocycles. The van der Waals surface area contributed by atoms with Gasteiger partial charge in [0.1, 0.15) is 24.4 Å². The molecule has 0 aromatic heterocycles. The van der Waals surface area contributed by atoms with Gasteiger partial charge in [0.15, 0.2) is 6.29 Å². The Balaban J connectivity index is 2.32. The molecule has 7 atom stereocenters. The van der Waals surface area contributed by atoms with Crippen molar-refractivity contribution in [1.29, 1.82) is 0 Å². The minimum Gasteiger partial charge on any atom is -0.394 e. The van der Waals surface area contributed by atoms with E-state index in [0.717, 1.165) is 38.5 Å². The molecule has 1 saturated heterocycles. The molecule has 1 fully saturated rings. The summed E-state index contributed by atoms with van der Waals surface area (Å²) in [6, 6.07) is -0.710. The van der Waals surface area contributed by atoms with Gasteiger partial charge in [-0.25, -0.2) is 0 Å². The van der Waals surface area contributed by atoms with Crippen LogP contribution < -0.4 is 5.32 Å². The normalized spacial score (nSPS) is 21.7. The molecule has 0 spiro atoms. The van der Waals surface area contributed by atoms with E-state index in [1.807, 2.05) is 0 Å². The first-order valence-corrected chi connectivity index (χ1v) is 22.2. The Kier molecular flexibility index (Phi) is 32.8. The first-order valence-electron chi connectivity index (χ1n) is 22.2. The maximum atomic E-state index is 12.9. The van der Waals surface area contributed by atoms with Crippen molar-refractivity contribution in [2.24, 2.45) is 0 Å². The zero-order chi connectivity index (χ0) is 38.1. The highest BCUT2D eigenvalue weighted by molar-refractivity contribution is 5.76. The van der Waals surface area contributed by atoms with E-state index in [1.54, 1.807) is 0 Å². The van der Waals surface area contributed by atoms with Gasteiger partial charge in [-0.1, -0.05) is 194 Å². The van der Waals surface area contributed by atoms with Crippen LogP contribution in [0.1, 0.15) is 213 Å². The monoisotopic (exact) mass is 744 g/mol. The molecule has 1 rings (SSSR count). The summed E-state index contributed by atoms with van der Waals surface area (Å²) in [7, 11) is 0. The lowest BCUT2D eigenvalue weighted by atomic mass is 9.99. The quantitative estimate of drug-likeness (QED) is 0.0346. The third-order valence-corrected chi connectivity index (χ3v) is 11.0. The fraction of sp³-hybridized carbons (Fsp3) is 0.977. The molecular formula is C43H85NO8. The van der Waals surface area contributed by atoms with Crippen molar-refractivity contribution in [3.8, 4) is 0 Å². The molecular weight excluding hydrogens is 658 g/mol. The van der Waals surface area contributed by atoms with E-state index in [2.05, 4.69) is 19.2 Å². The zero-order valence-corrected chi connectivity index (χ0v) is 33.8. The van der Waals surface area contributed by atoms with Crippen LogP contribution in [0.4, 0.5) is 0 Å². The summed E-state index contributed by atoms with van der Waals surface area (Å²) in [5.41, 5.74) is 0. The standard InChI is InChI=1S/C43H85NO8/c1-3-5-7-9-11-13-15-17-18-19-20-21-23-25-27-29-31-33-39(47)44-36(35-51-43-42(50)41(49)40(48)38(34-45)52-43)37(46)32-30-28-26-24-22-16-14-12-10-8-6-4-2/h36-38,40-43,45-46,48-50H,3-35H2,1-2H3,(H,44,47). The van der Waals surface area contributed by atoms with Gasteiger partial charge in [-0.2, -0.15) is 0 Å². The Hall–Kier alpha value is -0.810. The predicted molar refractivity (Wildman–Crippen MR) is 212 cm³/mol. The van der Waals surface area contributed by atoms with Gasteiger partial charge < -0.3 is 40.3 Å². The molecule has 0 aliphatic carbocycles. The topological polar surface area (TPSA) is 149 Å². The Labute approximate surface area is 319 Å². The molecule has 1 aliphatic heterocycles. The van der Waals surface area contributed by atoms with Gasteiger partial charge >= 0.3 is 0 Å². The van der Waals surface area contributed by atoms with Crippen LogP contribution in [0.2, 0.25) is 0 Å². The largest absolute Gasteiger partial charge is 0.394 e. The van der Waals surface area contributed by atoms with Crippen molar-refractivity contribution in [2.75, 3.05) is 13.2 Å². The second kappa shape index (κ2) is 34.7. The lowest BCUT2D eigenvalue weighted by molar-refractivity contribution is -0.302. The molecule has 9 nitrogen and oxygen atoms in total. The van der Waals surface area contributed by atoms with E-state index in [-0.39, 0.29) is 12.5 Å². The number of unbranched alkanes of at least 4 members (excludes halogenated alkanes) is 27. The third kappa shape index (κ3) is 25.3. The van der Waals surface area contributed by atoms with Crippen LogP contribution in [-0.4, -0.2) is 87.5 Å². The highest BCUT2D eigenvalue weighted by atomic mass is 16.7. The summed E-state index contributed by atoms with van der Waals surface area (Å²) in [4.78, 5) is 12.9. The maximum absolute atomic E-state index is 12.9. The van der Waals surface area contributed by atoms with Gasteiger partial charge in [0.25, 0.3) is 0 Å². The van der Waals surface area contributed by atoms with Gasteiger partial charge in [0.2, 0.25) is 5.91 Å². The Morgan fingerprint density at radius 3 is 1.37 bits per heavy atom. The highest BCUT2D eigenvalue weighted by Crippen LogP contribution is 2.23. The molecule has 1 aliphatic rings. The molecule has 9 heteroatoms. The van der Waals surface area contributed by atoms with E-state index in [4.69, 9.17) is 9.47 Å². The van der Waals surface area contributed by atoms with Crippen LogP contribution >= 0.6 is 0 Å². The number of ether oxygens (including phenoxy) is 2. The number of carbonyl (C=O) groups is 1. The van der Waals surface area contributed by atoms with Crippen molar-refractivity contribution in [3.05, 3.63) is 0 Å². The molecule has 52 heavy (non-hydrogen) atoms. The van der Waals surface area contributed by atoms with Crippen molar-refractivity contribution < 1.29 is 39.8 Å². The number of aliphatic hydroxyl groups excluding tert-OH is 5. The molecule has 6 N–H and O–H groups in total. The maximum Gasteiger partial charge on any atom is 0.220 e. The number of amides is 1. The number of nitrogens with one attached hydrogen (secondary N) is 1. The lowest BCUT2D eigenvalue weighted by Gasteiger charge is -2.40. The molecule has 310 valence electrons. The van der Waals surface area contributed by atoms with E-state index in [1.165, 1.54) is 148 Å². The van der Waals surface area contributed by atoms with Gasteiger partial charge in [-0.3, -0.25) is 4.79 Å². The number of rotatable bonds is 37. The summed E-state index contributed by atoms with van der Waals surface area (Å²) in [5, 5.41) is 54.2. The molecule has 0 bridgehead atoms. The lowest BCUT2D eigenvalue weighted by Crippen LogP contribution is -2.60. The van der Waals surface area contributed by atoms with Gasteiger partial charge in [0, 0.05) is 6.42 Å². The number of aliphatic hydroxyl groups is 5. The van der Waals surface area contributed by atoms with Gasteiger partial charge in [-0.15, -0.1) is 0 Å². The average Bonchev–Trinajstić information content (AvgIpc) is 3.14. The smallest absolute Gasteiger partial charge is 0.220 e. The SMILES string of the molecule is CCCCCCCCCCCCCCCCCCCC(=O)NC(COC1OC(CO)C(O)C(O)C1O)C(O)CCCCCCCCCCCCCC. The predicted octanol–water partition coefficient (Wildman–Crippen LogP) is 8.78. The Morgan fingerprint density at radius 2 is 0.962 bits per heavy atom. The summed E-state index contributed by atoms with van der Waals surface area (Å²) in [6.45, 7) is 3.83. The molecule has 0 aromatic carbocycles. The second-order valence-corrected chi connectivity index (χ2v) is 15.9. The van der Waals surface area contributed by atoms with Gasteiger partial charge in [0.05, 0.1) is 25.4 Å². The number of hydrogen-bond donors (Lipinski definition) is 6. The summed E-state index contributed by atoms with van der Waals surface area (Å²) >= 11 is 0. The second-order valence-electron chi connectivity index (χ2n) is 15.9. The first kappa shape index (κ1) is 49.2. The molecule has 1 amide bonds. The molecule has 0 aromatic rings. The van der Waals surface area contributed by atoms with Crippen LogP contribution in [0.3, 0.4) is 0 Å². The fourth-order valence-electron chi connectivity index (χ4n) is 7.34. The average molecular weight is 744 g/mol. The summed E-state index contributed by atoms with van der Waals surface area (Å²) in [5.74, 6) is -0.142. The van der Waals surface area contributed by atoms with E-state index in [9.17, 15) is 30.3 Å². The van der Waals surface area contributed by atoms with Crippen LogP contribution in [0.5, 0.6) is 0 Å². The van der Waals surface area contributed by atoms with E-state index < -0.39 is 49.5 Å². The van der Waals surface area contributed by atoms with Crippen molar-refractivity contribution in [2.45, 2.75) is 256 Å².